The highest BCUT2D eigenvalue weighted by atomic mass is 32.2. The van der Waals surface area contributed by atoms with Crippen LogP contribution in [0.4, 0.5) is 16.2 Å². The largest absolute Gasteiger partial charge is 0.493 e. The lowest BCUT2D eigenvalue weighted by Crippen LogP contribution is -2.33. The summed E-state index contributed by atoms with van der Waals surface area (Å²) >= 11 is 0. The van der Waals surface area contributed by atoms with Crippen LogP contribution in [0, 0.1) is 0 Å². The van der Waals surface area contributed by atoms with Crippen LogP contribution in [0.15, 0.2) is 41.3 Å². The summed E-state index contributed by atoms with van der Waals surface area (Å²) in [7, 11) is -4.15. The van der Waals surface area contributed by atoms with Gasteiger partial charge in [0.15, 0.2) is 0 Å². The van der Waals surface area contributed by atoms with Gasteiger partial charge in [0.05, 0.1) is 18.0 Å². The highest BCUT2D eigenvalue weighted by Gasteiger charge is 2.25. The number of para-hydroxylation sites is 1. The number of sulfonamides is 1. The number of carboxylic acid groups (broad SMARTS) is 1. The predicted octanol–water partition coefficient (Wildman–Crippen LogP) is 4.47. The van der Waals surface area contributed by atoms with Gasteiger partial charge in [-0.05, 0) is 64.3 Å². The summed E-state index contributed by atoms with van der Waals surface area (Å²) in [5.74, 6) is -1.15. The maximum atomic E-state index is 13.3. The molecule has 0 saturated carbocycles. The Morgan fingerprint density at radius 1 is 1.00 bits per heavy atom. The van der Waals surface area contributed by atoms with Gasteiger partial charge in [0, 0.05) is 13.1 Å². The molecule has 2 aromatic rings. The average Bonchev–Trinajstić information content (AvgIpc) is 2.78. The lowest BCUT2D eigenvalue weighted by molar-refractivity contribution is 0.0527. The van der Waals surface area contributed by atoms with Crippen LogP contribution in [0.2, 0.25) is 0 Å². The number of carboxylic acids is 1. The maximum Gasteiger partial charge on any atom is 0.407 e. The average molecular weight is 522 g/mol. The van der Waals surface area contributed by atoms with E-state index in [0.717, 1.165) is 0 Å². The molecule has 0 saturated heterocycles. The molecule has 0 radical (unpaired) electrons. The molecule has 4 N–H and O–H groups in total. The van der Waals surface area contributed by atoms with E-state index in [-0.39, 0.29) is 28.5 Å². The molecule has 0 spiro atoms. The van der Waals surface area contributed by atoms with Gasteiger partial charge >= 0.3 is 12.1 Å². The Labute approximate surface area is 212 Å². The number of carbonyl (C=O) groups excluding carboxylic acids is 1. The Balaban J connectivity index is 2.18. The van der Waals surface area contributed by atoms with E-state index in [1.54, 1.807) is 52.0 Å². The summed E-state index contributed by atoms with van der Waals surface area (Å²) < 4.78 is 39.7. The number of carbonyl (C=O) groups is 2. The second kappa shape index (κ2) is 12.5. The minimum absolute atomic E-state index is 0.0426. The number of benzene rings is 2. The van der Waals surface area contributed by atoms with E-state index in [0.29, 0.717) is 37.2 Å². The molecule has 0 aliphatic rings. The first-order valence-electron chi connectivity index (χ1n) is 11.7. The zero-order valence-corrected chi connectivity index (χ0v) is 22.1. The lowest BCUT2D eigenvalue weighted by atomic mass is 10.0. The van der Waals surface area contributed by atoms with Crippen LogP contribution < -0.4 is 20.1 Å². The number of hydrogen-bond acceptors (Lipinski definition) is 7. The number of alkyl carbamates (subject to hydrolysis) is 1. The number of aryl methyl sites for hydroxylation is 1. The number of aromatic carboxylic acids is 1. The molecule has 36 heavy (non-hydrogen) atoms. The SMILES string of the molecule is CCOc1c(CC)ccc(NS(=O)(=O)c2ccccc2NCCCNC(=O)OC(C)(C)C)c1C(=O)O. The first-order chi connectivity index (χ1) is 16.9. The molecule has 0 fully saturated rings. The number of hydrogen-bond donors (Lipinski definition) is 4. The van der Waals surface area contributed by atoms with E-state index in [1.807, 2.05) is 6.92 Å². The Bertz CT molecular complexity index is 1170. The van der Waals surface area contributed by atoms with Gasteiger partial charge in [-0.3, -0.25) is 4.72 Å². The van der Waals surface area contributed by atoms with Gasteiger partial charge < -0.3 is 25.2 Å². The maximum absolute atomic E-state index is 13.3. The summed E-state index contributed by atoms with van der Waals surface area (Å²) in [6.45, 7) is 9.85. The highest BCUT2D eigenvalue weighted by molar-refractivity contribution is 7.92. The van der Waals surface area contributed by atoms with Gasteiger partial charge in [0.1, 0.15) is 21.8 Å². The van der Waals surface area contributed by atoms with Gasteiger partial charge in [-0.25, -0.2) is 18.0 Å². The zero-order valence-electron chi connectivity index (χ0n) is 21.3. The molecule has 0 aliphatic heterocycles. The molecule has 2 rings (SSSR count). The normalized spacial score (nSPS) is 11.5. The molecule has 0 bridgehead atoms. The molecule has 10 nitrogen and oxygen atoms in total. The van der Waals surface area contributed by atoms with Crippen LogP contribution in [0.3, 0.4) is 0 Å². The van der Waals surface area contributed by atoms with Crippen LogP contribution in [-0.2, 0) is 21.2 Å². The van der Waals surface area contributed by atoms with Crippen LogP contribution in [0.5, 0.6) is 5.75 Å². The lowest BCUT2D eigenvalue weighted by Gasteiger charge is -2.20. The van der Waals surface area contributed by atoms with Crippen molar-refractivity contribution >= 4 is 33.5 Å². The quantitative estimate of drug-likeness (QED) is 0.300. The van der Waals surface area contributed by atoms with Gasteiger partial charge in [0.2, 0.25) is 0 Å². The summed E-state index contributed by atoms with van der Waals surface area (Å²) in [6, 6.07) is 9.38. The Hall–Kier alpha value is -3.47. The molecule has 0 unspecified atom stereocenters. The fraction of sp³-hybridized carbons (Fsp3) is 0.440. The minimum Gasteiger partial charge on any atom is -0.493 e. The van der Waals surface area contributed by atoms with Crippen molar-refractivity contribution in [2.75, 3.05) is 29.7 Å². The van der Waals surface area contributed by atoms with Crippen molar-refractivity contribution in [3.63, 3.8) is 0 Å². The molecule has 0 aliphatic carbocycles. The third kappa shape index (κ3) is 8.04. The van der Waals surface area contributed by atoms with Gasteiger partial charge in [-0.1, -0.05) is 25.1 Å². The fourth-order valence-electron chi connectivity index (χ4n) is 3.37. The van der Waals surface area contributed by atoms with Crippen LogP contribution in [0.1, 0.15) is 57.0 Å². The minimum atomic E-state index is -4.15. The van der Waals surface area contributed by atoms with Gasteiger partial charge in [-0.15, -0.1) is 0 Å². The van der Waals surface area contributed by atoms with Gasteiger partial charge in [-0.2, -0.15) is 0 Å². The monoisotopic (exact) mass is 521 g/mol. The smallest absolute Gasteiger partial charge is 0.407 e. The zero-order chi connectivity index (χ0) is 26.9. The van der Waals surface area contributed by atoms with Crippen molar-refractivity contribution in [2.24, 2.45) is 0 Å². The summed E-state index contributed by atoms with van der Waals surface area (Å²) in [4.78, 5) is 23.7. The number of anilines is 2. The third-order valence-electron chi connectivity index (χ3n) is 4.88. The van der Waals surface area contributed by atoms with E-state index in [2.05, 4.69) is 15.4 Å². The highest BCUT2D eigenvalue weighted by Crippen LogP contribution is 2.33. The first-order valence-corrected chi connectivity index (χ1v) is 13.2. The Morgan fingerprint density at radius 2 is 1.69 bits per heavy atom. The molecule has 0 aromatic heterocycles. The van der Waals surface area contributed by atoms with Crippen molar-refractivity contribution in [2.45, 2.75) is 58.0 Å². The molecule has 0 atom stereocenters. The molecule has 11 heteroatoms. The number of nitrogens with one attached hydrogen (secondary N) is 3. The summed E-state index contributed by atoms with van der Waals surface area (Å²) in [5.41, 5.74) is 0.0928. The van der Waals surface area contributed by atoms with Crippen LogP contribution in [0.25, 0.3) is 0 Å². The summed E-state index contributed by atoms with van der Waals surface area (Å²) in [6.07, 6.45) is 0.517. The van der Waals surface area contributed by atoms with E-state index in [4.69, 9.17) is 9.47 Å². The van der Waals surface area contributed by atoms with E-state index in [1.165, 1.54) is 12.1 Å². The Morgan fingerprint density at radius 3 is 2.31 bits per heavy atom. The second-order valence-electron chi connectivity index (χ2n) is 8.88. The van der Waals surface area contributed by atoms with Crippen molar-refractivity contribution in [1.29, 1.82) is 0 Å². The van der Waals surface area contributed by atoms with E-state index < -0.39 is 27.7 Å². The number of amides is 1. The molecular formula is C25H35N3O7S. The molecule has 1 amide bonds. The van der Waals surface area contributed by atoms with Crippen LogP contribution in [-0.4, -0.2) is 50.9 Å². The van der Waals surface area contributed by atoms with Crippen molar-refractivity contribution in [3.05, 3.63) is 47.5 Å². The topological polar surface area (TPSA) is 143 Å². The van der Waals surface area contributed by atoms with Crippen LogP contribution >= 0.6 is 0 Å². The molecule has 198 valence electrons. The molecule has 2 aromatic carbocycles. The number of rotatable bonds is 12. The number of ether oxygens (including phenoxy) is 2. The second-order valence-corrected chi connectivity index (χ2v) is 10.5. The Kier molecular flexibility index (Phi) is 9.97. The summed E-state index contributed by atoms with van der Waals surface area (Å²) in [5, 5.41) is 15.5. The van der Waals surface area contributed by atoms with Crippen molar-refractivity contribution in [3.8, 4) is 5.75 Å². The fourth-order valence-corrected chi connectivity index (χ4v) is 4.63. The molecular weight excluding hydrogens is 486 g/mol. The standard InChI is InChI=1S/C25H35N3O7S/c1-6-17-13-14-19(21(23(29)30)22(17)34-7-2)28-36(32,33)20-12-9-8-11-18(20)26-15-10-16-27-24(31)35-25(3,4)5/h8-9,11-14,26,28H,6-7,10,15-16H2,1-5H3,(H,27,31)(H,29,30). The van der Waals surface area contributed by atoms with Gasteiger partial charge in [0.25, 0.3) is 10.0 Å². The predicted molar refractivity (Wildman–Crippen MR) is 139 cm³/mol. The third-order valence-corrected chi connectivity index (χ3v) is 6.30. The first kappa shape index (κ1) is 28.8. The van der Waals surface area contributed by atoms with Crippen molar-refractivity contribution in [1.82, 2.24) is 5.32 Å². The molecule has 0 heterocycles. The van der Waals surface area contributed by atoms with E-state index >= 15 is 0 Å². The van der Waals surface area contributed by atoms with E-state index in [9.17, 15) is 23.1 Å². The van der Waals surface area contributed by atoms with Crippen molar-refractivity contribution < 1.29 is 32.6 Å².